The van der Waals surface area contributed by atoms with E-state index in [2.05, 4.69) is 161 Å². The van der Waals surface area contributed by atoms with Crippen molar-refractivity contribution in [3.8, 4) is 16.8 Å². The minimum atomic E-state index is 0.617. The molecule has 0 aliphatic heterocycles. The normalized spacial score (nSPS) is 11.7. The first kappa shape index (κ1) is 30.3. The quantitative estimate of drug-likeness (QED) is 0.173. The van der Waals surface area contributed by atoms with E-state index in [1.165, 1.54) is 42.0 Å². The summed E-state index contributed by atoms with van der Waals surface area (Å²) in [5.74, 6) is 0. The molecule has 0 aliphatic carbocycles. The van der Waals surface area contributed by atoms with Gasteiger partial charge >= 0.3 is 0 Å². The van der Waals surface area contributed by atoms with Crippen LogP contribution < -0.4 is 4.90 Å². The number of hydrogen-bond donors (Lipinski definition) is 0. The van der Waals surface area contributed by atoms with E-state index >= 15 is 0 Å². The number of rotatable bonds is 5. The number of benzene rings is 8. The summed E-state index contributed by atoms with van der Waals surface area (Å²) in [5, 5.41) is 8.45. The Morgan fingerprint density at radius 2 is 1.06 bits per heavy atom. The zero-order valence-corrected chi connectivity index (χ0v) is 29.6. The first-order chi connectivity index (χ1) is 25.1. The van der Waals surface area contributed by atoms with E-state index in [9.17, 15) is 0 Å². The summed E-state index contributed by atoms with van der Waals surface area (Å²) in [6.45, 7) is 0. The summed E-state index contributed by atoms with van der Waals surface area (Å²) in [6.07, 6.45) is 0. The highest BCUT2D eigenvalue weighted by atomic mass is 35.5. The van der Waals surface area contributed by atoms with Crippen LogP contribution in [0.1, 0.15) is 0 Å². The highest BCUT2D eigenvalue weighted by molar-refractivity contribution is 7.25. The molecule has 0 unspecified atom stereocenters. The van der Waals surface area contributed by atoms with Crippen molar-refractivity contribution in [2.75, 3.05) is 4.90 Å². The maximum atomic E-state index is 6.51. The van der Waals surface area contributed by atoms with Crippen LogP contribution in [0.5, 0.6) is 0 Å². The summed E-state index contributed by atoms with van der Waals surface area (Å²) in [4.78, 5) is 2.41. The minimum Gasteiger partial charge on any atom is -0.310 e. The minimum absolute atomic E-state index is 0.617. The summed E-state index contributed by atoms with van der Waals surface area (Å²) < 4.78 is 4.93. The lowest BCUT2D eigenvalue weighted by molar-refractivity contribution is 1.18. The van der Waals surface area contributed by atoms with Gasteiger partial charge in [-0.25, -0.2) is 0 Å². The molecule has 2 aromatic heterocycles. The average Bonchev–Trinajstić information content (AvgIpc) is 3.70. The molecule has 0 amide bonds. The summed E-state index contributed by atoms with van der Waals surface area (Å²) in [7, 11) is 0. The van der Waals surface area contributed by atoms with Gasteiger partial charge in [0.05, 0.1) is 16.7 Å². The second-order valence-corrected chi connectivity index (χ2v) is 14.8. The van der Waals surface area contributed by atoms with Gasteiger partial charge in [0.15, 0.2) is 0 Å². The highest BCUT2D eigenvalue weighted by Gasteiger charge is 2.21. The molecular formula is C46H28Cl2N2S. The van der Waals surface area contributed by atoms with Gasteiger partial charge in [0.2, 0.25) is 0 Å². The fourth-order valence-electron chi connectivity index (χ4n) is 7.69. The molecule has 0 spiro atoms. The lowest BCUT2D eigenvalue weighted by atomic mass is 9.96. The van der Waals surface area contributed by atoms with Crippen molar-refractivity contribution >= 4 is 104 Å². The molecule has 10 aromatic rings. The average molecular weight is 712 g/mol. The van der Waals surface area contributed by atoms with E-state index in [0.29, 0.717) is 10.0 Å². The fraction of sp³-hybridized carbons (Fsp3) is 0. The maximum absolute atomic E-state index is 6.51. The Kier molecular flexibility index (Phi) is 7.14. The van der Waals surface area contributed by atoms with Gasteiger partial charge in [-0.3, -0.25) is 0 Å². The second kappa shape index (κ2) is 12.0. The predicted molar refractivity (Wildman–Crippen MR) is 221 cm³/mol. The standard InChI is InChI=1S/C46H28Cl2N2S/c47-30-24-29(25-31(48)26-30)35-14-8-16-37-36(35)15-9-18-42(37)49(34-21-23-46-41(28-34)39-13-5-7-19-45(39)51-46)33-20-22-44-40(27-33)38-12-4-6-17-43(38)50(44)32-10-2-1-3-11-32/h1-28H. The Bertz CT molecular complexity index is 2940. The number of halogens is 2. The number of fused-ring (bicyclic) bond motifs is 7. The van der Waals surface area contributed by atoms with Crippen LogP contribution in [-0.2, 0) is 0 Å². The molecule has 10 rings (SSSR count). The molecule has 0 fully saturated rings. The zero-order chi connectivity index (χ0) is 34.1. The van der Waals surface area contributed by atoms with Crippen LogP contribution >= 0.6 is 34.5 Å². The van der Waals surface area contributed by atoms with Crippen molar-refractivity contribution in [1.29, 1.82) is 0 Å². The number of hydrogen-bond acceptors (Lipinski definition) is 2. The number of thiophene rings is 1. The summed E-state index contributed by atoms with van der Waals surface area (Å²) in [5.41, 5.74) is 8.84. The maximum Gasteiger partial charge on any atom is 0.0542 e. The van der Waals surface area contributed by atoms with Gasteiger partial charge < -0.3 is 9.47 Å². The van der Waals surface area contributed by atoms with Crippen LogP contribution in [0.25, 0.3) is 69.6 Å². The number of aromatic nitrogens is 1. The lowest BCUT2D eigenvalue weighted by Crippen LogP contribution is -2.10. The molecule has 0 aliphatic rings. The van der Waals surface area contributed by atoms with Gasteiger partial charge in [0.1, 0.15) is 0 Å². The monoisotopic (exact) mass is 710 g/mol. The van der Waals surface area contributed by atoms with Crippen molar-refractivity contribution in [2.45, 2.75) is 0 Å². The molecule has 0 radical (unpaired) electrons. The Labute approximate surface area is 308 Å². The van der Waals surface area contributed by atoms with E-state index in [1.54, 1.807) is 6.07 Å². The molecule has 0 atom stereocenters. The number of nitrogens with zero attached hydrogens (tertiary/aromatic N) is 2. The molecule has 2 heterocycles. The third kappa shape index (κ3) is 5.00. The van der Waals surface area contributed by atoms with Gasteiger partial charge in [-0.1, -0.05) is 108 Å². The van der Waals surface area contributed by atoms with Crippen LogP contribution in [0.4, 0.5) is 17.1 Å². The molecular weight excluding hydrogens is 683 g/mol. The smallest absolute Gasteiger partial charge is 0.0542 e. The van der Waals surface area contributed by atoms with E-state index < -0.39 is 0 Å². The SMILES string of the molecule is Clc1cc(Cl)cc(-c2cccc3c(N(c4ccc5sc6ccccc6c5c4)c4ccc5c(c4)c4ccccc4n5-c4ccccc4)cccc23)c1. The topological polar surface area (TPSA) is 8.17 Å². The molecule has 51 heavy (non-hydrogen) atoms. The molecule has 242 valence electrons. The van der Waals surface area contributed by atoms with Crippen LogP contribution in [0.15, 0.2) is 170 Å². The number of anilines is 3. The first-order valence-corrected chi connectivity index (χ1v) is 18.5. The van der Waals surface area contributed by atoms with Crippen LogP contribution in [0.3, 0.4) is 0 Å². The largest absolute Gasteiger partial charge is 0.310 e. The molecule has 0 saturated carbocycles. The Balaban J connectivity index is 1.25. The number of para-hydroxylation sites is 2. The summed E-state index contributed by atoms with van der Waals surface area (Å²) in [6, 6.07) is 60.6. The third-order valence-electron chi connectivity index (χ3n) is 9.86. The van der Waals surface area contributed by atoms with E-state index in [-0.39, 0.29) is 0 Å². The van der Waals surface area contributed by atoms with Gasteiger partial charge in [-0.05, 0) is 101 Å². The third-order valence-corrected chi connectivity index (χ3v) is 11.4. The molecule has 0 saturated heterocycles. The Hall–Kier alpha value is -5.58. The summed E-state index contributed by atoms with van der Waals surface area (Å²) >= 11 is 14.9. The van der Waals surface area contributed by atoms with Gasteiger partial charge in [-0.2, -0.15) is 0 Å². The Morgan fingerprint density at radius 1 is 0.431 bits per heavy atom. The second-order valence-electron chi connectivity index (χ2n) is 12.8. The van der Waals surface area contributed by atoms with Gasteiger partial charge in [-0.15, -0.1) is 11.3 Å². The highest BCUT2D eigenvalue weighted by Crippen LogP contribution is 2.45. The lowest BCUT2D eigenvalue weighted by Gasteiger charge is -2.27. The zero-order valence-electron chi connectivity index (χ0n) is 27.2. The van der Waals surface area contributed by atoms with Crippen molar-refractivity contribution in [1.82, 2.24) is 4.57 Å². The van der Waals surface area contributed by atoms with Crippen molar-refractivity contribution in [2.24, 2.45) is 0 Å². The van der Waals surface area contributed by atoms with Gasteiger partial charge in [0, 0.05) is 63.4 Å². The predicted octanol–water partition coefficient (Wildman–Crippen LogP) is 14.7. The van der Waals surface area contributed by atoms with E-state index in [1.807, 2.05) is 23.5 Å². The van der Waals surface area contributed by atoms with Crippen molar-refractivity contribution in [3.05, 3.63) is 180 Å². The first-order valence-electron chi connectivity index (χ1n) is 16.9. The fourth-order valence-corrected chi connectivity index (χ4v) is 9.30. The molecule has 5 heteroatoms. The van der Waals surface area contributed by atoms with E-state index in [0.717, 1.165) is 44.6 Å². The van der Waals surface area contributed by atoms with Crippen molar-refractivity contribution < 1.29 is 0 Å². The van der Waals surface area contributed by atoms with Crippen LogP contribution in [-0.4, -0.2) is 4.57 Å². The molecule has 8 aromatic carbocycles. The van der Waals surface area contributed by atoms with Gasteiger partial charge in [0.25, 0.3) is 0 Å². The molecule has 0 bridgehead atoms. The molecule has 0 N–H and O–H groups in total. The molecule has 2 nitrogen and oxygen atoms in total. The van der Waals surface area contributed by atoms with Crippen molar-refractivity contribution in [3.63, 3.8) is 0 Å². The Morgan fingerprint density at radius 3 is 1.90 bits per heavy atom. The van der Waals surface area contributed by atoms with E-state index in [4.69, 9.17) is 23.2 Å². The van der Waals surface area contributed by atoms with Crippen LogP contribution in [0.2, 0.25) is 10.0 Å². The van der Waals surface area contributed by atoms with Crippen LogP contribution in [0, 0.1) is 0 Å².